The van der Waals surface area contributed by atoms with Gasteiger partial charge in [0.25, 0.3) is 5.91 Å². The zero-order valence-electron chi connectivity index (χ0n) is 25.0. The van der Waals surface area contributed by atoms with E-state index in [1.165, 1.54) is 6.07 Å². The number of carboxylic acid groups (broad SMARTS) is 1. The number of aryl methyl sites for hydroxylation is 1. The van der Waals surface area contributed by atoms with Gasteiger partial charge in [-0.3, -0.25) is 9.69 Å². The Morgan fingerprint density at radius 2 is 1.60 bits per heavy atom. The van der Waals surface area contributed by atoms with Crippen LogP contribution >= 0.6 is 0 Å². The van der Waals surface area contributed by atoms with Crippen molar-refractivity contribution in [1.29, 1.82) is 0 Å². The Hall–Kier alpha value is -4.44. The lowest BCUT2D eigenvalue weighted by atomic mass is 9.90. The molecule has 0 unspecified atom stereocenters. The number of benzene rings is 4. The fourth-order valence-corrected chi connectivity index (χ4v) is 6.18. The number of likely N-dealkylation sites (tertiary alicyclic amines) is 1. The van der Waals surface area contributed by atoms with Crippen molar-refractivity contribution in [1.82, 2.24) is 10.2 Å². The Morgan fingerprint density at radius 1 is 0.956 bits per heavy atom. The van der Waals surface area contributed by atoms with Crippen LogP contribution in [-0.2, 0) is 17.8 Å². The molecule has 0 spiro atoms. The van der Waals surface area contributed by atoms with Gasteiger partial charge in [0.1, 0.15) is 17.6 Å². The van der Waals surface area contributed by atoms with Gasteiger partial charge in [0.15, 0.2) is 0 Å². The second-order valence-electron chi connectivity index (χ2n) is 11.4. The Labute approximate surface area is 258 Å². The number of alkyl halides is 3. The van der Waals surface area contributed by atoms with Gasteiger partial charge in [-0.15, -0.1) is 0 Å². The summed E-state index contributed by atoms with van der Waals surface area (Å²) in [5.74, 6) is -3.48. The molecule has 0 aromatic heterocycles. The highest BCUT2D eigenvalue weighted by molar-refractivity contribution is 6.01. The third-order valence-corrected chi connectivity index (χ3v) is 8.54. The second kappa shape index (κ2) is 13.3. The molecular weight excluding hydrogens is 588 g/mol. The molecule has 4 aromatic carbocycles. The van der Waals surface area contributed by atoms with E-state index in [0.29, 0.717) is 36.5 Å². The lowest BCUT2D eigenvalue weighted by Gasteiger charge is -2.33. The summed E-state index contributed by atoms with van der Waals surface area (Å²) < 4.78 is 59.9. The van der Waals surface area contributed by atoms with Gasteiger partial charge < -0.3 is 15.2 Å². The van der Waals surface area contributed by atoms with Crippen LogP contribution in [0.2, 0.25) is 0 Å². The highest BCUT2D eigenvalue weighted by atomic mass is 19.4. The van der Waals surface area contributed by atoms with Crippen LogP contribution in [0.5, 0.6) is 5.75 Å². The summed E-state index contributed by atoms with van der Waals surface area (Å²) in [7, 11) is 1.56. The number of carbonyl (C=O) groups is 2. The van der Waals surface area contributed by atoms with Gasteiger partial charge in [-0.25, -0.2) is 9.18 Å². The first-order valence-electron chi connectivity index (χ1n) is 14.7. The Kier molecular flexibility index (Phi) is 9.43. The lowest BCUT2D eigenvalue weighted by Crippen LogP contribution is -2.42. The van der Waals surface area contributed by atoms with Gasteiger partial charge >= 0.3 is 12.1 Å². The van der Waals surface area contributed by atoms with Crippen molar-refractivity contribution in [3.05, 3.63) is 101 Å². The van der Waals surface area contributed by atoms with Gasteiger partial charge in [-0.2, -0.15) is 13.2 Å². The molecule has 45 heavy (non-hydrogen) atoms. The molecule has 1 atom stereocenters. The number of nitrogens with zero attached hydrogens (tertiary/aromatic N) is 1. The van der Waals surface area contributed by atoms with Crippen LogP contribution in [0.15, 0.2) is 72.8 Å². The number of carboxylic acids is 1. The first-order chi connectivity index (χ1) is 21.5. The van der Waals surface area contributed by atoms with E-state index in [1.54, 1.807) is 32.2 Å². The molecule has 1 amide bonds. The number of hydrogen-bond acceptors (Lipinski definition) is 4. The van der Waals surface area contributed by atoms with Crippen LogP contribution in [-0.4, -0.2) is 54.3 Å². The molecular formula is C35H34F4N2O4. The number of carbonyl (C=O) groups excluding carboxylic acids is 1. The first kappa shape index (κ1) is 32.0. The van der Waals surface area contributed by atoms with Crippen molar-refractivity contribution in [2.45, 2.75) is 44.9 Å². The summed E-state index contributed by atoms with van der Waals surface area (Å²) in [6.07, 6.45) is -4.13. The Morgan fingerprint density at radius 3 is 2.27 bits per heavy atom. The van der Waals surface area contributed by atoms with Crippen LogP contribution in [0.3, 0.4) is 0 Å². The average molecular weight is 623 g/mol. The summed E-state index contributed by atoms with van der Waals surface area (Å²) in [6.45, 7) is 2.68. The topological polar surface area (TPSA) is 78.9 Å². The third kappa shape index (κ3) is 6.96. The van der Waals surface area contributed by atoms with E-state index in [9.17, 15) is 32.3 Å². The molecule has 1 saturated heterocycles. The predicted molar refractivity (Wildman–Crippen MR) is 164 cm³/mol. The zero-order chi connectivity index (χ0) is 32.3. The largest absolute Gasteiger partial charge is 0.496 e. The van der Waals surface area contributed by atoms with Gasteiger partial charge in [0.2, 0.25) is 0 Å². The number of halogens is 4. The molecule has 6 nitrogen and oxygen atoms in total. The van der Waals surface area contributed by atoms with Crippen molar-refractivity contribution in [3.63, 3.8) is 0 Å². The maximum absolute atomic E-state index is 14.4. The molecule has 0 radical (unpaired) electrons. The Bertz CT molecular complexity index is 1690. The van der Waals surface area contributed by atoms with Gasteiger partial charge in [0.05, 0.1) is 18.6 Å². The average Bonchev–Trinajstić information content (AvgIpc) is 3.00. The van der Waals surface area contributed by atoms with E-state index in [-0.39, 0.29) is 24.8 Å². The number of methoxy groups -OCH3 is 1. The van der Waals surface area contributed by atoms with Crippen LogP contribution in [0.1, 0.15) is 39.9 Å². The number of fused-ring (bicyclic) bond motifs is 1. The summed E-state index contributed by atoms with van der Waals surface area (Å²) in [5.41, 5.74) is 3.38. The number of nitrogens with one attached hydrogen (secondary N) is 1. The molecule has 5 rings (SSSR count). The number of piperidine rings is 1. The SMILES string of the molecule is COc1cccc(CN2CCC(C(F)(F)F)CC2)c1-c1cccc2c(C[C@H](NC(=O)c3c(C)cccc3F)C(=O)O)cccc12. The van der Waals surface area contributed by atoms with Crippen LogP contribution in [0.4, 0.5) is 17.6 Å². The van der Waals surface area contributed by atoms with Gasteiger partial charge in [0, 0.05) is 18.5 Å². The van der Waals surface area contributed by atoms with Crippen molar-refractivity contribution in [2.24, 2.45) is 5.92 Å². The minimum absolute atomic E-state index is 0.0533. The summed E-state index contributed by atoms with van der Waals surface area (Å²) >= 11 is 0. The van der Waals surface area contributed by atoms with E-state index in [4.69, 9.17) is 4.74 Å². The van der Waals surface area contributed by atoms with Crippen molar-refractivity contribution >= 4 is 22.6 Å². The molecule has 0 saturated carbocycles. The smallest absolute Gasteiger partial charge is 0.391 e. The first-order valence-corrected chi connectivity index (χ1v) is 14.7. The number of rotatable bonds is 9. The van der Waals surface area contributed by atoms with E-state index in [0.717, 1.165) is 33.5 Å². The van der Waals surface area contributed by atoms with Gasteiger partial charge in [-0.05, 0) is 78.0 Å². The van der Waals surface area contributed by atoms with E-state index in [2.05, 4.69) is 5.32 Å². The van der Waals surface area contributed by atoms with Gasteiger partial charge in [-0.1, -0.05) is 60.7 Å². The third-order valence-electron chi connectivity index (χ3n) is 8.54. The normalized spacial score (nSPS) is 15.2. The molecule has 1 aliphatic rings. The minimum Gasteiger partial charge on any atom is -0.496 e. The molecule has 0 bridgehead atoms. The van der Waals surface area contributed by atoms with E-state index < -0.39 is 35.8 Å². The van der Waals surface area contributed by atoms with E-state index >= 15 is 0 Å². The molecule has 1 heterocycles. The number of amides is 1. The van der Waals surface area contributed by atoms with Crippen molar-refractivity contribution in [2.75, 3.05) is 20.2 Å². The maximum Gasteiger partial charge on any atom is 0.391 e. The molecule has 0 aliphatic carbocycles. The number of aliphatic carboxylic acids is 1. The molecule has 1 fully saturated rings. The fourth-order valence-electron chi connectivity index (χ4n) is 6.18. The standard InChI is InChI=1S/C35H34F4N2O4/c1-21-7-3-13-28(36)31(21)33(42)40-29(34(43)44)19-22-8-4-11-26-25(22)10-6-12-27(26)32-23(9-5-14-30(32)45-2)20-41-17-15-24(16-18-41)35(37,38)39/h3-14,24,29H,15-20H2,1-2H3,(H,40,42)(H,43,44)/t29-/m0/s1. The van der Waals surface area contributed by atoms with Crippen LogP contribution < -0.4 is 10.1 Å². The minimum atomic E-state index is -4.19. The van der Waals surface area contributed by atoms with Crippen LogP contribution in [0, 0.1) is 18.7 Å². The number of hydrogen-bond donors (Lipinski definition) is 2. The molecule has 4 aromatic rings. The Balaban J connectivity index is 1.47. The molecule has 2 N–H and O–H groups in total. The van der Waals surface area contributed by atoms with Crippen LogP contribution in [0.25, 0.3) is 21.9 Å². The molecule has 1 aliphatic heterocycles. The highest BCUT2D eigenvalue weighted by Crippen LogP contribution is 2.40. The second-order valence-corrected chi connectivity index (χ2v) is 11.4. The molecule has 236 valence electrons. The zero-order valence-corrected chi connectivity index (χ0v) is 25.0. The number of ether oxygens (including phenoxy) is 1. The van der Waals surface area contributed by atoms with Crippen molar-refractivity contribution < 1.29 is 37.0 Å². The fraction of sp³-hybridized carbons (Fsp3) is 0.314. The highest BCUT2D eigenvalue weighted by Gasteiger charge is 2.41. The maximum atomic E-state index is 14.4. The molecule has 10 heteroatoms. The van der Waals surface area contributed by atoms with Crippen molar-refractivity contribution in [3.8, 4) is 16.9 Å². The predicted octanol–water partition coefficient (Wildman–Crippen LogP) is 7.16. The van der Waals surface area contributed by atoms with E-state index in [1.807, 2.05) is 47.4 Å². The quantitative estimate of drug-likeness (QED) is 0.194. The summed E-state index contributed by atoms with van der Waals surface area (Å²) in [4.78, 5) is 27.2. The summed E-state index contributed by atoms with van der Waals surface area (Å²) in [6, 6.07) is 19.7. The monoisotopic (exact) mass is 622 g/mol. The summed E-state index contributed by atoms with van der Waals surface area (Å²) in [5, 5.41) is 14.1. The lowest BCUT2D eigenvalue weighted by molar-refractivity contribution is -0.185.